The van der Waals surface area contributed by atoms with Gasteiger partial charge in [0.1, 0.15) is 11.9 Å². The van der Waals surface area contributed by atoms with E-state index in [9.17, 15) is 14.0 Å². The van der Waals surface area contributed by atoms with Gasteiger partial charge in [0.15, 0.2) is 0 Å². The minimum absolute atomic E-state index is 0.0431. The molecule has 0 spiro atoms. The summed E-state index contributed by atoms with van der Waals surface area (Å²) in [5.74, 6) is 0.168. The zero-order chi connectivity index (χ0) is 22.3. The number of carbonyl (C=O) groups excluding carboxylic acids is 2. The third-order valence-corrected chi connectivity index (χ3v) is 7.63. The van der Waals surface area contributed by atoms with Crippen LogP contribution in [0.25, 0.3) is 16.9 Å². The number of hydrogen-bond donors (Lipinski definition) is 1. The highest BCUT2D eigenvalue weighted by atomic mass is 32.2. The monoisotopic (exact) mass is 450 g/mol. The Kier molecular flexibility index (Phi) is 5.25. The lowest BCUT2D eigenvalue weighted by atomic mass is 10.1. The van der Waals surface area contributed by atoms with Crippen molar-refractivity contribution in [1.82, 2.24) is 20.0 Å². The van der Waals surface area contributed by atoms with Crippen molar-refractivity contribution in [3.05, 3.63) is 72.2 Å². The number of nitrogens with one attached hydrogen (secondary N) is 1. The van der Waals surface area contributed by atoms with Crippen LogP contribution in [0, 0.1) is 5.82 Å². The van der Waals surface area contributed by atoms with E-state index in [-0.39, 0.29) is 29.0 Å². The fourth-order valence-electron chi connectivity index (χ4n) is 4.42. The van der Waals surface area contributed by atoms with Crippen LogP contribution in [0.2, 0.25) is 0 Å². The van der Waals surface area contributed by atoms with Crippen molar-refractivity contribution in [1.29, 1.82) is 0 Å². The highest BCUT2D eigenvalue weighted by Crippen LogP contribution is 2.47. The summed E-state index contributed by atoms with van der Waals surface area (Å²) in [4.78, 5) is 26.9. The molecule has 2 amide bonds. The third-order valence-electron chi connectivity index (χ3n) is 6.13. The molecule has 6 nitrogen and oxygen atoms in total. The van der Waals surface area contributed by atoms with Gasteiger partial charge in [-0.15, -0.1) is 11.8 Å². The third kappa shape index (κ3) is 3.68. The number of rotatable bonds is 5. The van der Waals surface area contributed by atoms with Gasteiger partial charge in [-0.2, -0.15) is 5.10 Å². The summed E-state index contributed by atoms with van der Waals surface area (Å²) in [6.45, 7) is 2.30. The molecule has 0 bridgehead atoms. The Bertz CT molecular complexity index is 1160. The molecule has 8 heteroatoms. The number of para-hydroxylation sites is 1. The molecule has 0 unspecified atom stereocenters. The molecule has 2 aliphatic rings. The number of amides is 2. The van der Waals surface area contributed by atoms with Crippen LogP contribution in [0.3, 0.4) is 0 Å². The van der Waals surface area contributed by atoms with E-state index in [0.717, 1.165) is 23.2 Å². The normalized spacial score (nSPS) is 22.2. The summed E-state index contributed by atoms with van der Waals surface area (Å²) in [5.41, 5.74) is 3.15. The van der Waals surface area contributed by atoms with Gasteiger partial charge in [0.25, 0.3) is 0 Å². The molecule has 1 N–H and O–H groups in total. The number of nitrogens with zero attached hydrogens (tertiary/aromatic N) is 3. The molecule has 164 valence electrons. The van der Waals surface area contributed by atoms with Crippen LogP contribution < -0.4 is 5.32 Å². The zero-order valence-corrected chi connectivity index (χ0v) is 18.4. The molecule has 3 aromatic rings. The van der Waals surface area contributed by atoms with Gasteiger partial charge < -0.3 is 10.2 Å². The lowest BCUT2D eigenvalue weighted by Crippen LogP contribution is -2.49. The number of benzene rings is 2. The molecule has 2 saturated heterocycles. The molecule has 2 aromatic carbocycles. The second-order valence-corrected chi connectivity index (χ2v) is 9.77. The van der Waals surface area contributed by atoms with E-state index in [1.807, 2.05) is 43.5 Å². The van der Waals surface area contributed by atoms with Crippen molar-refractivity contribution in [2.24, 2.45) is 0 Å². The van der Waals surface area contributed by atoms with Crippen LogP contribution in [0.4, 0.5) is 4.39 Å². The quantitative estimate of drug-likeness (QED) is 0.643. The average Bonchev–Trinajstić information content (AvgIpc) is 3.46. The van der Waals surface area contributed by atoms with Gasteiger partial charge in [-0.25, -0.2) is 9.07 Å². The summed E-state index contributed by atoms with van der Waals surface area (Å²) in [6, 6.07) is 15.4. The Balaban J connectivity index is 1.40. The fourth-order valence-corrected chi connectivity index (χ4v) is 5.85. The Hall–Kier alpha value is -3.13. The summed E-state index contributed by atoms with van der Waals surface area (Å²) < 4.78 is 15.2. The van der Waals surface area contributed by atoms with Crippen molar-refractivity contribution in [2.45, 2.75) is 37.2 Å². The summed E-state index contributed by atoms with van der Waals surface area (Å²) in [6.07, 6.45) is 3.15. The Morgan fingerprint density at radius 1 is 1.22 bits per heavy atom. The van der Waals surface area contributed by atoms with Gasteiger partial charge in [0.05, 0.1) is 16.3 Å². The lowest BCUT2D eigenvalue weighted by molar-refractivity contribution is -0.138. The standard InChI is InChI=1S/C24H23FN4O2S/c1-24-12-11-21(30)29(24)20(15-32-24)23(31)26-13-17-14-28(19-5-3-2-4-6-19)27-22(17)16-7-9-18(25)10-8-16/h2-10,14,20H,11-13,15H2,1H3,(H,26,31)/t20-,24-/m1/s1. The van der Waals surface area contributed by atoms with Crippen molar-refractivity contribution in [3.63, 3.8) is 0 Å². The Morgan fingerprint density at radius 2 is 1.97 bits per heavy atom. The predicted octanol–water partition coefficient (Wildman–Crippen LogP) is 3.75. The van der Waals surface area contributed by atoms with Crippen molar-refractivity contribution in [3.8, 4) is 16.9 Å². The number of thioether (sulfide) groups is 1. The molecule has 2 atom stereocenters. The molecule has 0 aliphatic carbocycles. The highest BCUT2D eigenvalue weighted by Gasteiger charge is 2.52. The highest BCUT2D eigenvalue weighted by molar-refractivity contribution is 8.01. The van der Waals surface area contributed by atoms with Gasteiger partial charge in [-0.1, -0.05) is 18.2 Å². The summed E-state index contributed by atoms with van der Waals surface area (Å²) >= 11 is 1.67. The van der Waals surface area contributed by atoms with Crippen LogP contribution in [0.1, 0.15) is 25.3 Å². The molecule has 2 aliphatic heterocycles. The molecule has 0 saturated carbocycles. The number of halogens is 1. The molecule has 3 heterocycles. The minimum atomic E-state index is -0.460. The van der Waals surface area contributed by atoms with E-state index in [4.69, 9.17) is 5.10 Å². The Labute approximate surface area is 189 Å². The predicted molar refractivity (Wildman–Crippen MR) is 122 cm³/mol. The molecule has 0 radical (unpaired) electrons. The van der Waals surface area contributed by atoms with E-state index in [0.29, 0.717) is 17.9 Å². The number of carbonyl (C=O) groups is 2. The molecular weight excluding hydrogens is 427 g/mol. The summed E-state index contributed by atoms with van der Waals surface area (Å²) in [7, 11) is 0. The average molecular weight is 451 g/mol. The van der Waals surface area contributed by atoms with E-state index in [1.165, 1.54) is 12.1 Å². The van der Waals surface area contributed by atoms with Crippen LogP contribution in [-0.4, -0.2) is 43.2 Å². The van der Waals surface area contributed by atoms with E-state index in [2.05, 4.69) is 5.32 Å². The second kappa shape index (κ2) is 8.09. The lowest BCUT2D eigenvalue weighted by Gasteiger charge is -2.29. The van der Waals surface area contributed by atoms with Gasteiger partial charge in [-0.05, 0) is 49.7 Å². The smallest absolute Gasteiger partial charge is 0.243 e. The minimum Gasteiger partial charge on any atom is -0.350 e. The second-order valence-electron chi connectivity index (χ2n) is 8.27. The first-order valence-electron chi connectivity index (χ1n) is 10.6. The largest absolute Gasteiger partial charge is 0.350 e. The van der Waals surface area contributed by atoms with E-state index < -0.39 is 6.04 Å². The first-order valence-corrected chi connectivity index (χ1v) is 11.6. The molecular formula is C24H23FN4O2S. The van der Waals surface area contributed by atoms with Crippen LogP contribution in [-0.2, 0) is 16.1 Å². The van der Waals surface area contributed by atoms with E-state index in [1.54, 1.807) is 33.5 Å². The topological polar surface area (TPSA) is 67.2 Å². The van der Waals surface area contributed by atoms with Crippen molar-refractivity contribution < 1.29 is 14.0 Å². The van der Waals surface area contributed by atoms with Crippen LogP contribution in [0.15, 0.2) is 60.8 Å². The fraction of sp³-hybridized carbons (Fsp3) is 0.292. The first kappa shape index (κ1) is 20.8. The SMILES string of the molecule is C[C@@]12CCC(=O)N1[C@@H](C(=O)NCc1cn(-c3ccccc3)nc1-c1ccc(F)cc1)CS2. The maximum atomic E-state index is 13.5. The van der Waals surface area contributed by atoms with Crippen LogP contribution in [0.5, 0.6) is 0 Å². The number of aromatic nitrogens is 2. The van der Waals surface area contributed by atoms with Crippen molar-refractivity contribution in [2.75, 3.05) is 5.75 Å². The maximum Gasteiger partial charge on any atom is 0.243 e. The number of fused-ring (bicyclic) bond motifs is 1. The zero-order valence-electron chi connectivity index (χ0n) is 17.6. The molecule has 5 rings (SSSR count). The molecule has 1 aromatic heterocycles. The van der Waals surface area contributed by atoms with Gasteiger partial charge >= 0.3 is 0 Å². The summed E-state index contributed by atoms with van der Waals surface area (Å²) in [5, 5.41) is 7.71. The van der Waals surface area contributed by atoms with Gasteiger partial charge in [-0.3, -0.25) is 9.59 Å². The van der Waals surface area contributed by atoms with E-state index >= 15 is 0 Å². The van der Waals surface area contributed by atoms with Gasteiger partial charge in [0, 0.05) is 36.0 Å². The first-order chi connectivity index (χ1) is 15.4. The Morgan fingerprint density at radius 3 is 2.72 bits per heavy atom. The maximum absolute atomic E-state index is 13.5. The van der Waals surface area contributed by atoms with Gasteiger partial charge in [0.2, 0.25) is 11.8 Å². The van der Waals surface area contributed by atoms with Crippen molar-refractivity contribution >= 4 is 23.6 Å². The molecule has 32 heavy (non-hydrogen) atoms. The molecule has 2 fully saturated rings. The number of hydrogen-bond acceptors (Lipinski definition) is 4. The van der Waals surface area contributed by atoms with Crippen LogP contribution >= 0.6 is 11.8 Å².